The lowest BCUT2D eigenvalue weighted by Gasteiger charge is -2.25. The fourth-order valence-electron chi connectivity index (χ4n) is 2.36. The van der Waals surface area contributed by atoms with Gasteiger partial charge in [0.1, 0.15) is 0 Å². The van der Waals surface area contributed by atoms with E-state index < -0.39 is 0 Å². The number of likely N-dealkylation sites (N-methyl/N-ethyl adjacent to an activating group) is 1. The second kappa shape index (κ2) is 8.08. The van der Waals surface area contributed by atoms with Crippen molar-refractivity contribution in [2.45, 2.75) is 70.9 Å². The Bertz CT molecular complexity index is 160. The van der Waals surface area contributed by atoms with Gasteiger partial charge < -0.3 is 10.2 Å². The fourth-order valence-corrected chi connectivity index (χ4v) is 2.36. The van der Waals surface area contributed by atoms with Crippen molar-refractivity contribution in [3.63, 3.8) is 0 Å². The van der Waals surface area contributed by atoms with E-state index in [-0.39, 0.29) is 0 Å². The third kappa shape index (κ3) is 5.86. The van der Waals surface area contributed by atoms with Gasteiger partial charge in [-0.25, -0.2) is 0 Å². The molecule has 0 bridgehead atoms. The summed E-state index contributed by atoms with van der Waals surface area (Å²) >= 11 is 0. The molecule has 2 nitrogen and oxygen atoms in total. The Labute approximate surface area is 102 Å². The minimum atomic E-state index is 0.666. The van der Waals surface area contributed by atoms with Crippen LogP contribution < -0.4 is 5.32 Å². The summed E-state index contributed by atoms with van der Waals surface area (Å²) in [6.45, 7) is 6.85. The largest absolute Gasteiger partial charge is 0.313 e. The Morgan fingerprint density at radius 1 is 1.06 bits per heavy atom. The maximum Gasteiger partial charge on any atom is 0.0107 e. The van der Waals surface area contributed by atoms with E-state index in [2.05, 4.69) is 31.1 Å². The van der Waals surface area contributed by atoms with Crippen molar-refractivity contribution in [3.05, 3.63) is 0 Å². The van der Waals surface area contributed by atoms with Gasteiger partial charge in [0.05, 0.1) is 0 Å². The van der Waals surface area contributed by atoms with Crippen molar-refractivity contribution in [2.75, 3.05) is 20.1 Å². The van der Waals surface area contributed by atoms with Crippen molar-refractivity contribution >= 4 is 0 Å². The third-order valence-electron chi connectivity index (χ3n) is 3.88. The second-order valence-electron chi connectivity index (χ2n) is 5.57. The molecule has 2 heteroatoms. The lowest BCUT2D eigenvalue weighted by atomic mass is 9.97. The average molecular weight is 226 g/mol. The zero-order valence-corrected chi connectivity index (χ0v) is 11.5. The first-order valence-electron chi connectivity index (χ1n) is 7.14. The van der Waals surface area contributed by atoms with E-state index in [4.69, 9.17) is 0 Å². The second-order valence-corrected chi connectivity index (χ2v) is 5.57. The molecule has 0 aromatic carbocycles. The number of rotatable bonds is 5. The highest BCUT2D eigenvalue weighted by atomic mass is 15.1. The Morgan fingerprint density at radius 2 is 1.62 bits per heavy atom. The molecule has 0 aromatic rings. The first kappa shape index (κ1) is 14.0. The molecule has 0 aromatic heterocycles. The van der Waals surface area contributed by atoms with Crippen LogP contribution in [0.3, 0.4) is 0 Å². The zero-order valence-electron chi connectivity index (χ0n) is 11.5. The highest BCUT2D eigenvalue weighted by molar-refractivity contribution is 4.70. The lowest BCUT2D eigenvalue weighted by Crippen LogP contribution is -2.38. The van der Waals surface area contributed by atoms with Gasteiger partial charge in [-0.2, -0.15) is 0 Å². The van der Waals surface area contributed by atoms with E-state index in [1.165, 1.54) is 51.5 Å². The normalized spacial score (nSPS) is 20.1. The fraction of sp³-hybridized carbons (Fsp3) is 1.00. The van der Waals surface area contributed by atoms with Crippen LogP contribution in [0.2, 0.25) is 0 Å². The molecule has 1 fully saturated rings. The van der Waals surface area contributed by atoms with Gasteiger partial charge in [0.25, 0.3) is 0 Å². The molecule has 0 spiro atoms. The van der Waals surface area contributed by atoms with E-state index in [0.29, 0.717) is 6.04 Å². The monoisotopic (exact) mass is 226 g/mol. The molecule has 1 aliphatic rings. The SMILES string of the molecule is CC(C)N(C)CCNC1CCCCCCC1. The average Bonchev–Trinajstić information content (AvgIpc) is 2.20. The molecule has 1 aliphatic carbocycles. The standard InChI is InChI=1S/C14H30N2/c1-13(2)16(3)12-11-15-14-9-7-5-4-6-8-10-14/h13-15H,4-12H2,1-3H3. The molecule has 0 heterocycles. The Kier molecular flexibility index (Phi) is 7.06. The van der Waals surface area contributed by atoms with Crippen LogP contribution >= 0.6 is 0 Å². The Morgan fingerprint density at radius 3 is 2.19 bits per heavy atom. The van der Waals surface area contributed by atoms with Crippen LogP contribution in [0.4, 0.5) is 0 Å². The maximum absolute atomic E-state index is 3.73. The zero-order chi connectivity index (χ0) is 11.8. The van der Waals surface area contributed by atoms with Crippen LogP contribution in [0.1, 0.15) is 58.8 Å². The molecule has 1 N–H and O–H groups in total. The summed E-state index contributed by atoms with van der Waals surface area (Å²) in [6.07, 6.45) is 10.0. The number of hydrogen-bond acceptors (Lipinski definition) is 2. The highest BCUT2D eigenvalue weighted by Crippen LogP contribution is 2.16. The van der Waals surface area contributed by atoms with Gasteiger partial charge in [-0.1, -0.05) is 32.1 Å². The predicted octanol–water partition coefficient (Wildman–Crippen LogP) is 3.03. The quantitative estimate of drug-likeness (QED) is 0.775. The Balaban J connectivity index is 2.10. The van der Waals surface area contributed by atoms with E-state index in [0.717, 1.165) is 12.6 Å². The predicted molar refractivity (Wildman–Crippen MR) is 71.9 cm³/mol. The lowest BCUT2D eigenvalue weighted by molar-refractivity contribution is 0.263. The number of nitrogens with zero attached hydrogens (tertiary/aromatic N) is 1. The summed E-state index contributed by atoms with van der Waals surface area (Å²) in [7, 11) is 2.21. The summed E-state index contributed by atoms with van der Waals surface area (Å²) in [6, 6.07) is 1.46. The number of nitrogens with one attached hydrogen (secondary N) is 1. The minimum Gasteiger partial charge on any atom is -0.313 e. The summed E-state index contributed by atoms with van der Waals surface area (Å²) in [5, 5.41) is 3.73. The smallest absolute Gasteiger partial charge is 0.0107 e. The van der Waals surface area contributed by atoms with Crippen molar-refractivity contribution in [1.29, 1.82) is 0 Å². The van der Waals surface area contributed by atoms with Gasteiger partial charge in [-0.15, -0.1) is 0 Å². The van der Waals surface area contributed by atoms with Crippen molar-refractivity contribution in [3.8, 4) is 0 Å². The molecule has 0 aliphatic heterocycles. The molecule has 1 saturated carbocycles. The van der Waals surface area contributed by atoms with Gasteiger partial charge in [0.15, 0.2) is 0 Å². The third-order valence-corrected chi connectivity index (χ3v) is 3.88. The van der Waals surface area contributed by atoms with Gasteiger partial charge in [0.2, 0.25) is 0 Å². The molecule has 16 heavy (non-hydrogen) atoms. The molecular formula is C14H30N2. The van der Waals surface area contributed by atoms with Gasteiger partial charge in [0, 0.05) is 25.2 Å². The van der Waals surface area contributed by atoms with Crippen LogP contribution in [0.15, 0.2) is 0 Å². The molecule has 0 unspecified atom stereocenters. The van der Waals surface area contributed by atoms with Gasteiger partial charge >= 0.3 is 0 Å². The van der Waals surface area contributed by atoms with Crippen molar-refractivity contribution < 1.29 is 0 Å². The first-order chi connectivity index (χ1) is 7.70. The molecule has 1 rings (SSSR count). The van der Waals surface area contributed by atoms with Gasteiger partial charge in [-0.3, -0.25) is 0 Å². The van der Waals surface area contributed by atoms with Crippen LogP contribution in [0.5, 0.6) is 0 Å². The molecule has 96 valence electrons. The molecule has 0 saturated heterocycles. The number of hydrogen-bond donors (Lipinski definition) is 1. The van der Waals surface area contributed by atoms with Crippen LogP contribution in [-0.2, 0) is 0 Å². The van der Waals surface area contributed by atoms with Crippen LogP contribution in [0.25, 0.3) is 0 Å². The summed E-state index contributed by atoms with van der Waals surface area (Å²) in [5.74, 6) is 0. The molecular weight excluding hydrogens is 196 g/mol. The molecule has 0 radical (unpaired) electrons. The van der Waals surface area contributed by atoms with Crippen molar-refractivity contribution in [2.24, 2.45) is 0 Å². The van der Waals surface area contributed by atoms with E-state index in [1.54, 1.807) is 0 Å². The maximum atomic E-state index is 3.73. The topological polar surface area (TPSA) is 15.3 Å². The Hall–Kier alpha value is -0.0800. The summed E-state index contributed by atoms with van der Waals surface area (Å²) in [5.41, 5.74) is 0. The molecule has 0 atom stereocenters. The van der Waals surface area contributed by atoms with Crippen LogP contribution in [0, 0.1) is 0 Å². The summed E-state index contributed by atoms with van der Waals surface area (Å²) in [4.78, 5) is 2.41. The highest BCUT2D eigenvalue weighted by Gasteiger charge is 2.10. The van der Waals surface area contributed by atoms with Gasteiger partial charge in [-0.05, 0) is 33.7 Å². The van der Waals surface area contributed by atoms with E-state index in [9.17, 15) is 0 Å². The first-order valence-corrected chi connectivity index (χ1v) is 7.14. The van der Waals surface area contributed by atoms with E-state index >= 15 is 0 Å². The van der Waals surface area contributed by atoms with Crippen molar-refractivity contribution in [1.82, 2.24) is 10.2 Å². The van der Waals surface area contributed by atoms with E-state index in [1.807, 2.05) is 0 Å². The molecule has 0 amide bonds. The summed E-state index contributed by atoms with van der Waals surface area (Å²) < 4.78 is 0. The minimum absolute atomic E-state index is 0.666. The van der Waals surface area contributed by atoms with Crippen LogP contribution in [-0.4, -0.2) is 37.1 Å².